The normalized spacial score (nSPS) is 18.5. The Bertz CT molecular complexity index is 787. The first-order valence-corrected chi connectivity index (χ1v) is 9.59. The number of nitrogens with zero attached hydrogens (tertiary/aromatic N) is 3. The zero-order valence-corrected chi connectivity index (χ0v) is 16.0. The molecule has 1 heterocycles. The Kier molecular flexibility index (Phi) is 6.65. The zero-order chi connectivity index (χ0) is 19.9. The molecule has 1 aliphatic rings. The predicted octanol–water partition coefficient (Wildman–Crippen LogP) is 1.67. The summed E-state index contributed by atoms with van der Waals surface area (Å²) in [6.45, 7) is 3.81. The summed E-state index contributed by atoms with van der Waals surface area (Å²) in [5.74, 6) is -0.815. The van der Waals surface area contributed by atoms with Crippen LogP contribution in [0.25, 0.3) is 0 Å². The molecule has 1 aromatic carbocycles. The third-order valence-corrected chi connectivity index (χ3v) is 5.16. The van der Waals surface area contributed by atoms with E-state index in [1.165, 1.54) is 0 Å². The molecule has 0 saturated heterocycles. The number of amides is 2. The minimum Gasteiger partial charge on any atom is -0.480 e. The fraction of sp³-hybridized carbons (Fsp3) is 0.450. The first-order chi connectivity index (χ1) is 13.5. The van der Waals surface area contributed by atoms with Crippen molar-refractivity contribution in [3.05, 3.63) is 53.9 Å². The number of aromatic nitrogens is 2. The van der Waals surface area contributed by atoms with Crippen molar-refractivity contribution in [1.29, 1.82) is 0 Å². The van der Waals surface area contributed by atoms with Crippen LogP contribution in [0.5, 0.6) is 0 Å². The van der Waals surface area contributed by atoms with Gasteiger partial charge in [-0.25, -0.2) is 4.79 Å². The van der Waals surface area contributed by atoms with Gasteiger partial charge in [0.2, 0.25) is 0 Å². The third-order valence-electron chi connectivity index (χ3n) is 5.16. The number of nitrogens with one attached hydrogen (secondary N) is 2. The lowest BCUT2D eigenvalue weighted by molar-refractivity contribution is -0.139. The van der Waals surface area contributed by atoms with Crippen molar-refractivity contribution in [1.82, 2.24) is 25.3 Å². The van der Waals surface area contributed by atoms with Gasteiger partial charge in [-0.15, -0.1) is 0 Å². The molecular formula is C20H27N5O3. The monoisotopic (exact) mass is 385 g/mol. The highest BCUT2D eigenvalue weighted by atomic mass is 16.4. The highest BCUT2D eigenvalue weighted by Gasteiger charge is 2.34. The zero-order valence-electron chi connectivity index (χ0n) is 16.0. The van der Waals surface area contributed by atoms with Crippen molar-refractivity contribution in [2.24, 2.45) is 0 Å². The van der Waals surface area contributed by atoms with E-state index in [2.05, 4.69) is 15.7 Å². The van der Waals surface area contributed by atoms with Crippen LogP contribution in [0.4, 0.5) is 4.79 Å². The minimum absolute atomic E-state index is 0.0487. The van der Waals surface area contributed by atoms with Gasteiger partial charge in [0.25, 0.3) is 0 Å². The number of carbonyl (C=O) groups is 2. The minimum atomic E-state index is -0.815. The van der Waals surface area contributed by atoms with E-state index in [4.69, 9.17) is 5.11 Å². The number of benzene rings is 1. The molecule has 8 heteroatoms. The Morgan fingerprint density at radius 3 is 2.64 bits per heavy atom. The van der Waals surface area contributed by atoms with Crippen LogP contribution in [0, 0.1) is 0 Å². The maximum Gasteiger partial charge on any atom is 0.317 e. The van der Waals surface area contributed by atoms with Crippen molar-refractivity contribution < 1.29 is 14.7 Å². The van der Waals surface area contributed by atoms with Crippen LogP contribution in [-0.2, 0) is 17.9 Å². The van der Waals surface area contributed by atoms with Crippen LogP contribution < -0.4 is 10.6 Å². The fourth-order valence-corrected chi connectivity index (χ4v) is 3.54. The summed E-state index contributed by atoms with van der Waals surface area (Å²) in [4.78, 5) is 25.1. The van der Waals surface area contributed by atoms with Crippen molar-refractivity contribution >= 4 is 12.0 Å². The Labute approximate surface area is 164 Å². The predicted molar refractivity (Wildman–Crippen MR) is 105 cm³/mol. The second-order valence-corrected chi connectivity index (χ2v) is 7.08. The van der Waals surface area contributed by atoms with E-state index < -0.39 is 5.97 Å². The number of likely N-dealkylation sites (N-methyl/N-ethyl adjacent to an activating group) is 1. The number of aliphatic carboxylic acids is 1. The Balaban J connectivity index is 1.44. The topological polar surface area (TPSA) is 99.5 Å². The van der Waals surface area contributed by atoms with E-state index in [0.717, 1.165) is 24.0 Å². The second kappa shape index (κ2) is 9.36. The van der Waals surface area contributed by atoms with Gasteiger partial charge in [0.15, 0.2) is 0 Å². The Hall–Kier alpha value is -2.87. The quantitative estimate of drug-likeness (QED) is 0.610. The molecule has 0 bridgehead atoms. The van der Waals surface area contributed by atoms with Gasteiger partial charge in [-0.1, -0.05) is 31.2 Å². The fourth-order valence-electron chi connectivity index (χ4n) is 3.54. The van der Waals surface area contributed by atoms with E-state index in [1.807, 2.05) is 53.0 Å². The molecule has 150 valence electrons. The van der Waals surface area contributed by atoms with Crippen LogP contribution in [0.3, 0.4) is 0 Å². The number of carboxylic acid groups (broad SMARTS) is 1. The molecule has 1 aromatic heterocycles. The van der Waals surface area contributed by atoms with E-state index in [9.17, 15) is 9.59 Å². The molecule has 0 radical (unpaired) electrons. The molecular weight excluding hydrogens is 358 g/mol. The molecule has 3 rings (SSSR count). The lowest BCUT2D eigenvalue weighted by Gasteiger charge is -2.42. The molecule has 28 heavy (non-hydrogen) atoms. The van der Waals surface area contributed by atoms with E-state index in [0.29, 0.717) is 19.6 Å². The maximum absolute atomic E-state index is 12.2. The van der Waals surface area contributed by atoms with Gasteiger partial charge >= 0.3 is 12.0 Å². The first-order valence-electron chi connectivity index (χ1n) is 9.59. The molecule has 2 aromatic rings. The summed E-state index contributed by atoms with van der Waals surface area (Å²) in [6.07, 6.45) is 5.22. The molecule has 0 atom stereocenters. The van der Waals surface area contributed by atoms with Crippen molar-refractivity contribution in [3.63, 3.8) is 0 Å². The van der Waals surface area contributed by atoms with Gasteiger partial charge in [0.05, 0.1) is 13.1 Å². The molecule has 3 N–H and O–H groups in total. The lowest BCUT2D eigenvalue weighted by atomic mass is 9.85. The smallest absolute Gasteiger partial charge is 0.317 e. The molecule has 0 spiro atoms. The molecule has 1 saturated carbocycles. The number of carbonyl (C=O) groups excluding carboxylic acids is 1. The average molecular weight is 385 g/mol. The largest absolute Gasteiger partial charge is 0.480 e. The summed E-state index contributed by atoms with van der Waals surface area (Å²) >= 11 is 0. The van der Waals surface area contributed by atoms with Gasteiger partial charge in [-0.05, 0) is 36.6 Å². The molecule has 0 unspecified atom stereocenters. The van der Waals surface area contributed by atoms with Crippen LogP contribution in [0.15, 0.2) is 42.7 Å². The Morgan fingerprint density at radius 1 is 1.25 bits per heavy atom. The van der Waals surface area contributed by atoms with E-state index in [1.54, 1.807) is 6.20 Å². The maximum atomic E-state index is 12.2. The van der Waals surface area contributed by atoms with Crippen LogP contribution in [0.1, 0.15) is 30.9 Å². The van der Waals surface area contributed by atoms with Crippen molar-refractivity contribution in [3.8, 4) is 0 Å². The van der Waals surface area contributed by atoms with Crippen molar-refractivity contribution in [2.45, 2.75) is 44.9 Å². The van der Waals surface area contributed by atoms with E-state index >= 15 is 0 Å². The number of carboxylic acids is 1. The van der Waals surface area contributed by atoms with Crippen LogP contribution in [0.2, 0.25) is 0 Å². The number of hydrogen-bond acceptors (Lipinski definition) is 4. The van der Waals surface area contributed by atoms with Crippen molar-refractivity contribution in [2.75, 3.05) is 13.1 Å². The second-order valence-electron chi connectivity index (χ2n) is 7.08. The standard InChI is InChI=1S/C20H27N5O3/c1-2-24(14-19(26)27)18-10-17(11-18)23-20(28)21-12-15-6-3-4-7-16(15)13-25-9-5-8-22-25/h3-9,17-18H,2,10-14H2,1H3,(H,26,27)(H2,21,23,28). The lowest BCUT2D eigenvalue weighted by Crippen LogP contribution is -2.56. The summed E-state index contributed by atoms with van der Waals surface area (Å²) in [7, 11) is 0. The number of hydrogen-bond donors (Lipinski definition) is 3. The van der Waals surface area contributed by atoms with E-state index in [-0.39, 0.29) is 24.7 Å². The van der Waals surface area contributed by atoms with Gasteiger partial charge in [0, 0.05) is 31.0 Å². The molecule has 2 amide bonds. The summed E-state index contributed by atoms with van der Waals surface area (Å²) < 4.78 is 1.85. The molecule has 8 nitrogen and oxygen atoms in total. The van der Waals surface area contributed by atoms with Gasteiger partial charge in [-0.3, -0.25) is 14.4 Å². The highest BCUT2D eigenvalue weighted by Crippen LogP contribution is 2.25. The summed E-state index contributed by atoms with van der Waals surface area (Å²) in [5, 5.41) is 19.1. The first kappa shape index (κ1) is 19.9. The molecule has 1 fully saturated rings. The van der Waals surface area contributed by atoms with Gasteiger partial charge in [0.1, 0.15) is 0 Å². The summed E-state index contributed by atoms with van der Waals surface area (Å²) in [6, 6.07) is 9.98. The number of urea groups is 1. The molecule has 1 aliphatic carbocycles. The Morgan fingerprint density at radius 2 is 2.00 bits per heavy atom. The van der Waals surface area contributed by atoms with Crippen LogP contribution in [-0.4, -0.2) is 57.0 Å². The SMILES string of the molecule is CCN(CC(=O)O)C1CC(NC(=O)NCc2ccccc2Cn2cccn2)C1. The highest BCUT2D eigenvalue weighted by molar-refractivity contribution is 5.74. The number of rotatable bonds is 9. The van der Waals surface area contributed by atoms with Gasteiger partial charge < -0.3 is 15.7 Å². The summed E-state index contributed by atoms with van der Waals surface area (Å²) in [5.41, 5.74) is 2.17. The third kappa shape index (κ3) is 5.32. The molecule has 0 aliphatic heterocycles. The van der Waals surface area contributed by atoms with Gasteiger partial charge in [-0.2, -0.15) is 5.10 Å². The van der Waals surface area contributed by atoms with Crippen LogP contribution >= 0.6 is 0 Å². The average Bonchev–Trinajstić information content (AvgIpc) is 3.15.